The zero-order chi connectivity index (χ0) is 25.5. The molecule has 1 fully saturated rings. The highest BCUT2D eigenvalue weighted by Crippen LogP contribution is 2.30. The third-order valence-corrected chi connectivity index (χ3v) is 8.13. The van der Waals surface area contributed by atoms with E-state index in [4.69, 9.17) is 11.6 Å². The number of piperidine rings is 1. The van der Waals surface area contributed by atoms with Crippen LogP contribution in [-0.2, 0) is 21.4 Å². The third kappa shape index (κ3) is 6.51. The van der Waals surface area contributed by atoms with Gasteiger partial charge in [-0.25, -0.2) is 13.8 Å². The van der Waals surface area contributed by atoms with Crippen LogP contribution < -0.4 is 9.73 Å². The molecule has 0 radical (unpaired) electrons. The van der Waals surface area contributed by atoms with Crippen LogP contribution in [0.15, 0.2) is 88.9 Å². The van der Waals surface area contributed by atoms with Crippen molar-refractivity contribution >= 4 is 38.9 Å². The number of carbonyl (C=O) groups excluding carboxylic acids is 1. The summed E-state index contributed by atoms with van der Waals surface area (Å²) in [4.78, 5) is 15.3. The molecule has 1 aliphatic heterocycles. The van der Waals surface area contributed by atoms with Gasteiger partial charge in [0.1, 0.15) is 6.54 Å². The van der Waals surface area contributed by atoms with Crippen LogP contribution >= 0.6 is 11.6 Å². The number of benzene rings is 3. The first-order valence-corrected chi connectivity index (χ1v) is 13.6. The smallest absolute Gasteiger partial charge is 0.264 e. The Morgan fingerprint density at radius 3 is 2.28 bits per heavy atom. The van der Waals surface area contributed by atoms with Crippen LogP contribution in [0.1, 0.15) is 24.0 Å². The second-order valence-corrected chi connectivity index (χ2v) is 11.0. The van der Waals surface area contributed by atoms with Gasteiger partial charge in [-0.3, -0.25) is 14.0 Å². The zero-order valence-corrected chi connectivity index (χ0v) is 21.7. The van der Waals surface area contributed by atoms with Crippen molar-refractivity contribution in [3.05, 3.63) is 95.0 Å². The molecule has 1 amide bonds. The second kappa shape index (κ2) is 11.7. The fourth-order valence-corrected chi connectivity index (χ4v) is 5.75. The average molecular weight is 525 g/mol. The Morgan fingerprint density at radius 2 is 1.61 bits per heavy atom. The Labute approximate surface area is 217 Å². The lowest BCUT2D eigenvalue weighted by Gasteiger charge is -2.27. The minimum Gasteiger partial charge on any atom is -0.298 e. The molecule has 36 heavy (non-hydrogen) atoms. The van der Waals surface area contributed by atoms with Gasteiger partial charge >= 0.3 is 0 Å². The van der Waals surface area contributed by atoms with Gasteiger partial charge in [-0.05, 0) is 36.8 Å². The van der Waals surface area contributed by atoms with Crippen LogP contribution in [0.5, 0.6) is 0 Å². The summed E-state index contributed by atoms with van der Waals surface area (Å²) in [5, 5.41) is 4.53. The Bertz CT molecular complexity index is 1320. The number of hydrazone groups is 1. The number of nitrogens with zero attached hydrogens (tertiary/aromatic N) is 3. The van der Waals surface area contributed by atoms with Crippen molar-refractivity contribution in [2.24, 2.45) is 5.10 Å². The van der Waals surface area contributed by atoms with Crippen molar-refractivity contribution in [3.8, 4) is 0 Å². The molecule has 9 heteroatoms. The highest BCUT2D eigenvalue weighted by Gasteiger charge is 2.28. The molecule has 3 aromatic rings. The molecule has 1 N–H and O–H groups in total. The lowest BCUT2D eigenvalue weighted by molar-refractivity contribution is -0.119. The monoisotopic (exact) mass is 524 g/mol. The third-order valence-electron chi connectivity index (χ3n) is 6.04. The topological polar surface area (TPSA) is 82.1 Å². The molecule has 4 rings (SSSR count). The number of halogens is 1. The first-order chi connectivity index (χ1) is 17.3. The lowest BCUT2D eigenvalue weighted by atomic mass is 10.1. The maximum Gasteiger partial charge on any atom is 0.264 e. The molecule has 1 saturated heterocycles. The minimum absolute atomic E-state index is 0.0814. The Morgan fingerprint density at radius 1 is 0.972 bits per heavy atom. The second-order valence-electron chi connectivity index (χ2n) is 8.75. The van der Waals surface area contributed by atoms with Crippen molar-refractivity contribution in [1.82, 2.24) is 10.3 Å². The van der Waals surface area contributed by atoms with E-state index in [0.717, 1.165) is 48.1 Å². The van der Waals surface area contributed by atoms with Gasteiger partial charge in [0.25, 0.3) is 15.9 Å². The molecule has 7 nitrogen and oxygen atoms in total. The van der Waals surface area contributed by atoms with Gasteiger partial charge < -0.3 is 0 Å². The molecule has 0 aromatic heterocycles. The summed E-state index contributed by atoms with van der Waals surface area (Å²) in [5.41, 5.74) is 5.87. The number of amides is 1. The molecule has 0 atom stereocenters. The molecule has 1 heterocycles. The summed E-state index contributed by atoms with van der Waals surface area (Å²) >= 11 is 6.32. The van der Waals surface area contributed by atoms with E-state index in [0.29, 0.717) is 0 Å². The van der Waals surface area contributed by atoms with Crippen molar-refractivity contribution in [2.45, 2.75) is 31.2 Å². The molecule has 0 unspecified atom stereocenters. The molecule has 1 aliphatic rings. The average Bonchev–Trinajstić information content (AvgIpc) is 2.88. The van der Waals surface area contributed by atoms with Crippen LogP contribution in [0, 0.1) is 6.92 Å². The lowest BCUT2D eigenvalue weighted by Crippen LogP contribution is -2.40. The summed E-state index contributed by atoms with van der Waals surface area (Å²) in [6.07, 6.45) is 1.48. The largest absolute Gasteiger partial charge is 0.298 e. The predicted molar refractivity (Wildman–Crippen MR) is 144 cm³/mol. The van der Waals surface area contributed by atoms with Crippen LogP contribution in [0.25, 0.3) is 0 Å². The van der Waals surface area contributed by atoms with Gasteiger partial charge in [-0.15, -0.1) is 0 Å². The zero-order valence-electron chi connectivity index (χ0n) is 20.1. The number of carbonyl (C=O) groups is 1. The number of likely N-dealkylation sites (tertiary alicyclic amines) is 1. The van der Waals surface area contributed by atoms with E-state index < -0.39 is 22.5 Å². The summed E-state index contributed by atoms with van der Waals surface area (Å²) in [6, 6.07) is 23.3. The van der Waals surface area contributed by atoms with Crippen LogP contribution in [0.2, 0.25) is 5.02 Å². The summed E-state index contributed by atoms with van der Waals surface area (Å²) < 4.78 is 28.0. The SMILES string of the molecule is Cc1ccc(S(=O)(=O)N(CC(=O)NN=C2CCN(Cc3ccccc3)CC2)c2ccccc2Cl)cc1. The van der Waals surface area contributed by atoms with Crippen molar-refractivity contribution < 1.29 is 13.2 Å². The maximum atomic E-state index is 13.5. The molecule has 0 spiro atoms. The van der Waals surface area contributed by atoms with E-state index in [1.807, 2.05) is 25.1 Å². The number of aryl methyl sites for hydroxylation is 1. The standard InChI is InChI=1S/C27H29ClN4O3S/c1-21-11-13-24(14-12-21)36(34,35)32(26-10-6-5-9-25(26)28)20-27(33)30-29-23-15-17-31(18-16-23)19-22-7-3-2-4-8-22/h2-14H,15-20H2,1H3,(H,30,33). The number of para-hydroxylation sites is 1. The molecule has 0 aliphatic carbocycles. The summed E-state index contributed by atoms with van der Waals surface area (Å²) in [7, 11) is -4.04. The van der Waals surface area contributed by atoms with Crippen LogP contribution in [-0.4, -0.2) is 44.6 Å². The molecule has 188 valence electrons. The van der Waals surface area contributed by atoms with Crippen molar-refractivity contribution in [1.29, 1.82) is 0 Å². The van der Waals surface area contributed by atoms with E-state index in [9.17, 15) is 13.2 Å². The van der Waals surface area contributed by atoms with E-state index in [1.165, 1.54) is 17.7 Å². The quantitative estimate of drug-likeness (QED) is 0.436. The van der Waals surface area contributed by atoms with Crippen LogP contribution in [0.4, 0.5) is 5.69 Å². The number of sulfonamides is 1. The predicted octanol–water partition coefficient (Wildman–Crippen LogP) is 4.61. The van der Waals surface area contributed by atoms with E-state index in [-0.39, 0.29) is 15.6 Å². The van der Waals surface area contributed by atoms with Gasteiger partial charge in [-0.2, -0.15) is 5.10 Å². The highest BCUT2D eigenvalue weighted by atomic mass is 35.5. The first-order valence-electron chi connectivity index (χ1n) is 11.8. The molecular weight excluding hydrogens is 496 g/mol. The van der Waals surface area contributed by atoms with E-state index in [2.05, 4.69) is 27.6 Å². The Balaban J connectivity index is 1.43. The number of hydrogen-bond acceptors (Lipinski definition) is 5. The van der Waals surface area contributed by atoms with Crippen LogP contribution in [0.3, 0.4) is 0 Å². The number of anilines is 1. The molecule has 0 saturated carbocycles. The van der Waals surface area contributed by atoms with Gasteiger partial charge in [0.15, 0.2) is 0 Å². The van der Waals surface area contributed by atoms with Crippen molar-refractivity contribution in [3.63, 3.8) is 0 Å². The minimum atomic E-state index is -4.04. The highest BCUT2D eigenvalue weighted by molar-refractivity contribution is 7.92. The first kappa shape index (κ1) is 25.9. The van der Waals surface area contributed by atoms with E-state index >= 15 is 0 Å². The Hall–Kier alpha value is -3.20. The molecule has 0 bridgehead atoms. The Kier molecular flexibility index (Phi) is 8.40. The number of nitrogens with one attached hydrogen (secondary N) is 1. The number of rotatable bonds is 8. The van der Waals surface area contributed by atoms with Gasteiger partial charge in [0.05, 0.1) is 15.6 Å². The maximum absolute atomic E-state index is 13.5. The van der Waals surface area contributed by atoms with E-state index in [1.54, 1.807) is 36.4 Å². The van der Waals surface area contributed by atoms with Gasteiger partial charge in [0.2, 0.25) is 0 Å². The molecular formula is C27H29ClN4O3S. The summed E-state index contributed by atoms with van der Waals surface area (Å²) in [6.45, 7) is 4.00. The molecule has 3 aromatic carbocycles. The van der Waals surface area contributed by atoms with Crippen molar-refractivity contribution in [2.75, 3.05) is 23.9 Å². The fraction of sp³-hybridized carbons (Fsp3) is 0.259. The van der Waals surface area contributed by atoms with Gasteiger partial charge in [-0.1, -0.05) is 71.8 Å². The van der Waals surface area contributed by atoms with Gasteiger partial charge in [0, 0.05) is 38.2 Å². The normalized spacial score (nSPS) is 14.3. The fourth-order valence-electron chi connectivity index (χ4n) is 4.02. The number of hydrogen-bond donors (Lipinski definition) is 1. The summed E-state index contributed by atoms with van der Waals surface area (Å²) in [5.74, 6) is -0.537.